The molecular weight excluding hydrogens is 546 g/mol. The van der Waals surface area contributed by atoms with E-state index in [2.05, 4.69) is 5.10 Å². The Hall–Kier alpha value is -3.65. The van der Waals surface area contributed by atoms with E-state index in [0.717, 1.165) is 12.1 Å². The lowest BCUT2D eigenvalue weighted by molar-refractivity contribution is -0.207. The van der Waals surface area contributed by atoms with Crippen molar-refractivity contribution in [3.8, 4) is 11.4 Å². The molecule has 0 saturated heterocycles. The molecular formula is C23H19ClF6N4O4. The van der Waals surface area contributed by atoms with Crippen molar-refractivity contribution in [2.75, 3.05) is 0 Å². The first kappa shape index (κ1) is 28.9. The van der Waals surface area contributed by atoms with E-state index in [4.69, 9.17) is 17.3 Å². The quantitative estimate of drug-likeness (QED) is 0.385. The van der Waals surface area contributed by atoms with E-state index in [9.17, 15) is 45.8 Å². The number of nitrogens with two attached hydrogens (primary N) is 1. The van der Waals surface area contributed by atoms with Crippen LogP contribution in [0.2, 0.25) is 5.02 Å². The second-order valence-electron chi connectivity index (χ2n) is 8.26. The van der Waals surface area contributed by atoms with Crippen LogP contribution in [0, 0.1) is 0 Å². The predicted octanol–water partition coefficient (Wildman–Crippen LogP) is 3.54. The summed E-state index contributed by atoms with van der Waals surface area (Å²) in [6.45, 7) is -2.07. The summed E-state index contributed by atoms with van der Waals surface area (Å²) in [6.07, 6.45) is -13.4. The molecule has 8 nitrogen and oxygen atoms in total. The van der Waals surface area contributed by atoms with E-state index in [1.54, 1.807) is 0 Å². The number of carbonyl (C=O) groups is 2. The van der Waals surface area contributed by atoms with Gasteiger partial charge >= 0.3 is 18.0 Å². The van der Waals surface area contributed by atoms with Crippen LogP contribution in [0.3, 0.4) is 0 Å². The minimum Gasteiger partial charge on any atom is -0.382 e. The highest BCUT2D eigenvalue weighted by Crippen LogP contribution is 2.32. The summed E-state index contributed by atoms with van der Waals surface area (Å²) in [5.41, 5.74) is 3.01. The van der Waals surface area contributed by atoms with Gasteiger partial charge in [0.1, 0.15) is 6.54 Å². The number of rotatable bonds is 9. The molecule has 3 rings (SSSR count). The van der Waals surface area contributed by atoms with E-state index in [0.29, 0.717) is 15.3 Å². The number of amides is 1. The number of aliphatic hydroxyl groups is 1. The maximum Gasteiger partial charge on any atom is 0.416 e. The maximum atomic E-state index is 13.1. The van der Waals surface area contributed by atoms with Gasteiger partial charge in [0.2, 0.25) is 5.91 Å². The molecule has 38 heavy (non-hydrogen) atoms. The highest BCUT2D eigenvalue weighted by molar-refractivity contribution is 6.30. The van der Waals surface area contributed by atoms with Gasteiger partial charge < -0.3 is 10.8 Å². The van der Waals surface area contributed by atoms with E-state index in [1.165, 1.54) is 30.3 Å². The zero-order valence-electron chi connectivity index (χ0n) is 19.1. The number of nitrogens with zero attached hydrogens (tertiary/aromatic N) is 3. The van der Waals surface area contributed by atoms with Gasteiger partial charge in [-0.2, -0.15) is 26.3 Å². The number of alkyl halides is 6. The maximum absolute atomic E-state index is 13.1. The second kappa shape index (κ2) is 11.0. The van der Waals surface area contributed by atoms with Gasteiger partial charge in [-0.1, -0.05) is 29.8 Å². The number of aliphatic hydroxyl groups excluding tert-OH is 1. The van der Waals surface area contributed by atoms with E-state index in [-0.39, 0.29) is 22.0 Å². The molecule has 0 radical (unpaired) electrons. The fraction of sp³-hybridized carbons (Fsp3) is 0.304. The molecule has 0 fully saturated rings. The summed E-state index contributed by atoms with van der Waals surface area (Å²) < 4.78 is 79.2. The van der Waals surface area contributed by atoms with E-state index >= 15 is 0 Å². The summed E-state index contributed by atoms with van der Waals surface area (Å²) in [5.74, 6) is -3.76. The average molecular weight is 565 g/mol. The normalized spacial score (nSPS) is 13.8. The largest absolute Gasteiger partial charge is 0.416 e. The second-order valence-corrected chi connectivity index (χ2v) is 8.70. The summed E-state index contributed by atoms with van der Waals surface area (Å²) in [6, 6.07) is 9.10. The molecule has 3 aromatic rings. The van der Waals surface area contributed by atoms with Crippen molar-refractivity contribution in [3.63, 3.8) is 0 Å². The minimum absolute atomic E-state index is 0.144. The topological polar surface area (TPSA) is 120 Å². The van der Waals surface area contributed by atoms with Gasteiger partial charge in [0.25, 0.3) is 0 Å². The zero-order chi connectivity index (χ0) is 28.4. The van der Waals surface area contributed by atoms with Crippen molar-refractivity contribution in [2.24, 2.45) is 5.73 Å². The van der Waals surface area contributed by atoms with Crippen molar-refractivity contribution in [1.29, 1.82) is 0 Å². The number of hydrogen-bond acceptors (Lipinski definition) is 5. The lowest BCUT2D eigenvalue weighted by Crippen LogP contribution is -2.37. The van der Waals surface area contributed by atoms with Crippen molar-refractivity contribution >= 4 is 23.3 Å². The molecule has 0 aliphatic carbocycles. The molecule has 0 saturated carbocycles. The van der Waals surface area contributed by atoms with Gasteiger partial charge in [-0.05, 0) is 35.9 Å². The molecule has 0 aliphatic rings. The monoisotopic (exact) mass is 564 g/mol. The Morgan fingerprint density at radius 2 is 1.68 bits per heavy atom. The number of carbonyl (C=O) groups excluding carboxylic acids is 2. The van der Waals surface area contributed by atoms with Crippen molar-refractivity contribution in [2.45, 2.75) is 43.9 Å². The SMILES string of the molecule is NC(=O)[C@@H](CC(=O)Cn1nc(-c2ccc(Cl)cc2)n(C[C@H](O)C(F)(F)F)c1=O)c1cccc(C(F)(F)F)c1. The van der Waals surface area contributed by atoms with Crippen LogP contribution in [-0.2, 0) is 28.9 Å². The van der Waals surface area contributed by atoms with Crippen LogP contribution in [-0.4, -0.2) is 43.4 Å². The van der Waals surface area contributed by atoms with Crippen LogP contribution in [0.1, 0.15) is 23.5 Å². The highest BCUT2D eigenvalue weighted by atomic mass is 35.5. The fourth-order valence-corrected chi connectivity index (χ4v) is 3.70. The molecule has 0 spiro atoms. The Bertz CT molecular complexity index is 1380. The molecule has 2 aromatic carbocycles. The molecule has 3 N–H and O–H groups in total. The molecule has 0 unspecified atom stereocenters. The van der Waals surface area contributed by atoms with Gasteiger partial charge in [-0.15, -0.1) is 5.10 Å². The van der Waals surface area contributed by atoms with Crippen LogP contribution in [0.15, 0.2) is 53.3 Å². The first-order valence-electron chi connectivity index (χ1n) is 10.7. The number of primary amides is 1. The van der Waals surface area contributed by atoms with Crippen molar-refractivity contribution < 1.29 is 41.0 Å². The lowest BCUT2D eigenvalue weighted by Gasteiger charge is -2.15. The Morgan fingerprint density at radius 3 is 2.24 bits per heavy atom. The van der Waals surface area contributed by atoms with Gasteiger partial charge in [-0.3, -0.25) is 14.2 Å². The highest BCUT2D eigenvalue weighted by Gasteiger charge is 2.39. The number of hydrogen-bond donors (Lipinski definition) is 2. The molecule has 204 valence electrons. The first-order chi connectivity index (χ1) is 17.6. The summed E-state index contributed by atoms with van der Waals surface area (Å²) >= 11 is 5.82. The number of halogens is 7. The number of ketones is 1. The van der Waals surface area contributed by atoms with E-state index < -0.39 is 66.8 Å². The first-order valence-corrected chi connectivity index (χ1v) is 11.1. The van der Waals surface area contributed by atoms with Crippen molar-refractivity contribution in [3.05, 3.63) is 75.2 Å². The van der Waals surface area contributed by atoms with Crippen LogP contribution in [0.4, 0.5) is 26.3 Å². The molecule has 0 bridgehead atoms. The molecule has 0 aliphatic heterocycles. The summed E-state index contributed by atoms with van der Waals surface area (Å²) in [5, 5.41) is 13.7. The molecule has 15 heteroatoms. The lowest BCUT2D eigenvalue weighted by atomic mass is 9.91. The molecule has 1 amide bonds. The number of aromatic nitrogens is 3. The average Bonchev–Trinajstić information content (AvgIpc) is 3.11. The van der Waals surface area contributed by atoms with Crippen LogP contribution < -0.4 is 11.4 Å². The van der Waals surface area contributed by atoms with Gasteiger partial charge in [-0.25, -0.2) is 9.48 Å². The van der Waals surface area contributed by atoms with Crippen molar-refractivity contribution in [1.82, 2.24) is 14.3 Å². The van der Waals surface area contributed by atoms with Crippen LogP contribution in [0.25, 0.3) is 11.4 Å². The van der Waals surface area contributed by atoms with Gasteiger partial charge in [0.15, 0.2) is 17.7 Å². The Kier molecular flexibility index (Phi) is 8.36. The third-order valence-corrected chi connectivity index (χ3v) is 5.73. The fourth-order valence-electron chi connectivity index (χ4n) is 3.57. The smallest absolute Gasteiger partial charge is 0.382 e. The molecule has 1 heterocycles. The summed E-state index contributed by atoms with van der Waals surface area (Å²) in [7, 11) is 0. The Labute approximate surface area is 215 Å². The van der Waals surface area contributed by atoms with E-state index in [1.807, 2.05) is 0 Å². The Morgan fingerprint density at radius 1 is 1.05 bits per heavy atom. The predicted molar refractivity (Wildman–Crippen MR) is 122 cm³/mol. The zero-order valence-corrected chi connectivity index (χ0v) is 19.9. The third kappa shape index (κ3) is 6.81. The van der Waals surface area contributed by atoms with Crippen LogP contribution in [0.5, 0.6) is 0 Å². The Balaban J connectivity index is 1.93. The van der Waals surface area contributed by atoms with Crippen LogP contribution >= 0.6 is 11.6 Å². The molecule has 1 aromatic heterocycles. The minimum atomic E-state index is -5.06. The molecule has 2 atom stereocenters. The standard InChI is InChI=1S/C23H19ClF6N4O4/c24-15-6-4-12(5-7-15)20-32-34(21(38)33(20)11-18(36)23(28,29)30)10-16(35)9-17(19(31)37)13-2-1-3-14(8-13)22(25,26)27/h1-8,17-18,36H,9-11H2,(H2,31,37)/t17-,18-/m0/s1. The van der Waals surface area contributed by atoms with Gasteiger partial charge in [0.05, 0.1) is 18.0 Å². The van der Waals surface area contributed by atoms with Gasteiger partial charge in [0, 0.05) is 17.0 Å². The summed E-state index contributed by atoms with van der Waals surface area (Å²) in [4.78, 5) is 37.6. The third-order valence-electron chi connectivity index (χ3n) is 5.48. The number of Topliss-reactive ketones (excluding diaryl/α,β-unsaturated/α-hetero) is 1. The number of benzene rings is 2.